The van der Waals surface area contributed by atoms with Crippen LogP contribution in [0.4, 0.5) is 5.82 Å². The van der Waals surface area contributed by atoms with Gasteiger partial charge in [0.15, 0.2) is 0 Å². The van der Waals surface area contributed by atoms with Crippen LogP contribution < -0.4 is 5.73 Å². The monoisotopic (exact) mass is 322 g/mol. The lowest BCUT2D eigenvalue weighted by Gasteiger charge is -2.30. The first-order valence-electron chi connectivity index (χ1n) is 5.33. The van der Waals surface area contributed by atoms with Crippen LogP contribution in [0.5, 0.6) is 0 Å². The van der Waals surface area contributed by atoms with Crippen molar-refractivity contribution in [3.63, 3.8) is 0 Å². The quantitative estimate of drug-likeness (QED) is 0.874. The van der Waals surface area contributed by atoms with Gasteiger partial charge in [0, 0.05) is 13.1 Å². The Morgan fingerprint density at radius 3 is 2.47 bits per heavy atom. The molecule has 8 heteroatoms. The molecule has 0 atom stereocenters. The van der Waals surface area contributed by atoms with E-state index in [1.165, 1.54) is 10.6 Å². The van der Waals surface area contributed by atoms with E-state index in [0.29, 0.717) is 18.9 Å². The van der Waals surface area contributed by atoms with Crippen molar-refractivity contribution in [2.75, 3.05) is 25.1 Å². The van der Waals surface area contributed by atoms with E-state index < -0.39 is 10.0 Å². The molecular weight excluding hydrogens is 308 g/mol. The second-order valence-electron chi connectivity index (χ2n) is 4.22. The number of anilines is 1. The summed E-state index contributed by atoms with van der Waals surface area (Å²) >= 11 is 3.31. The Morgan fingerprint density at radius 2 is 2.06 bits per heavy atom. The molecule has 0 unspecified atom stereocenters. The molecule has 1 aliphatic heterocycles. The summed E-state index contributed by atoms with van der Waals surface area (Å²) in [6, 6.07) is 0.180. The Balaban J connectivity index is 2.07. The molecule has 17 heavy (non-hydrogen) atoms. The first-order chi connectivity index (χ1) is 7.89. The largest absolute Gasteiger partial charge is 0.383 e. The molecule has 6 nitrogen and oxygen atoms in total. The zero-order chi connectivity index (χ0) is 12.6. The normalized spacial score (nSPS) is 19.6. The van der Waals surface area contributed by atoms with Crippen LogP contribution in [0, 0.1) is 0 Å². The zero-order valence-corrected chi connectivity index (χ0v) is 11.9. The number of piperidine rings is 1. The van der Waals surface area contributed by atoms with Crippen LogP contribution >= 0.6 is 15.9 Å². The van der Waals surface area contributed by atoms with Gasteiger partial charge in [-0.15, -0.1) is 0 Å². The molecular formula is C9H15BrN4O2S. The molecule has 2 rings (SSSR count). The molecule has 1 aromatic heterocycles. The highest BCUT2D eigenvalue weighted by atomic mass is 79.9. The Kier molecular flexibility index (Phi) is 3.46. The van der Waals surface area contributed by atoms with E-state index in [1.54, 1.807) is 10.9 Å². The van der Waals surface area contributed by atoms with Crippen molar-refractivity contribution in [2.24, 2.45) is 0 Å². The summed E-state index contributed by atoms with van der Waals surface area (Å²) in [6.07, 6.45) is 4.39. The molecule has 0 radical (unpaired) electrons. The summed E-state index contributed by atoms with van der Waals surface area (Å²) < 4.78 is 26.8. The number of halogens is 1. The number of nitrogen functional groups attached to an aromatic ring is 1. The predicted octanol–water partition coefficient (Wildman–Crippen LogP) is 0.824. The van der Waals surface area contributed by atoms with Crippen molar-refractivity contribution in [1.82, 2.24) is 14.1 Å². The van der Waals surface area contributed by atoms with Gasteiger partial charge >= 0.3 is 0 Å². The van der Waals surface area contributed by atoms with Crippen LogP contribution in [0.15, 0.2) is 10.7 Å². The van der Waals surface area contributed by atoms with Crippen LogP contribution in [-0.2, 0) is 10.0 Å². The van der Waals surface area contributed by atoms with Gasteiger partial charge in [0.2, 0.25) is 10.0 Å². The maximum atomic E-state index is 11.4. The molecule has 0 bridgehead atoms. The maximum Gasteiger partial charge on any atom is 0.211 e. The summed E-state index contributed by atoms with van der Waals surface area (Å²) in [5.74, 6) is 0.600. The van der Waals surface area contributed by atoms with Gasteiger partial charge in [0.05, 0.1) is 23.0 Å². The zero-order valence-electron chi connectivity index (χ0n) is 9.50. The minimum Gasteiger partial charge on any atom is -0.383 e. The third kappa shape index (κ3) is 2.63. The lowest BCUT2D eigenvalue weighted by Crippen LogP contribution is -2.38. The van der Waals surface area contributed by atoms with Gasteiger partial charge in [-0.05, 0) is 28.8 Å². The minimum atomic E-state index is -3.07. The van der Waals surface area contributed by atoms with Crippen LogP contribution in [0.25, 0.3) is 0 Å². The molecule has 1 saturated heterocycles. The summed E-state index contributed by atoms with van der Waals surface area (Å²) in [4.78, 5) is 0. The highest BCUT2D eigenvalue weighted by Gasteiger charge is 2.27. The van der Waals surface area contributed by atoms with Crippen molar-refractivity contribution < 1.29 is 8.42 Å². The third-order valence-electron chi connectivity index (χ3n) is 3.03. The van der Waals surface area contributed by atoms with Crippen molar-refractivity contribution in [3.05, 3.63) is 10.7 Å². The van der Waals surface area contributed by atoms with Gasteiger partial charge in [-0.1, -0.05) is 0 Å². The molecule has 96 valence electrons. The van der Waals surface area contributed by atoms with Crippen molar-refractivity contribution >= 4 is 31.8 Å². The SMILES string of the molecule is CS(=O)(=O)N1CCC(n2ncc(Br)c2N)CC1. The number of hydrogen-bond acceptors (Lipinski definition) is 4. The van der Waals surface area contributed by atoms with Crippen molar-refractivity contribution in [1.29, 1.82) is 0 Å². The van der Waals surface area contributed by atoms with E-state index in [2.05, 4.69) is 21.0 Å². The lowest BCUT2D eigenvalue weighted by atomic mass is 10.1. The topological polar surface area (TPSA) is 81.2 Å². The van der Waals surface area contributed by atoms with Crippen molar-refractivity contribution in [2.45, 2.75) is 18.9 Å². The molecule has 1 fully saturated rings. The van der Waals surface area contributed by atoms with Gasteiger partial charge in [0.25, 0.3) is 0 Å². The summed E-state index contributed by atoms with van der Waals surface area (Å²) in [5, 5.41) is 4.20. The summed E-state index contributed by atoms with van der Waals surface area (Å²) in [5.41, 5.74) is 5.88. The number of hydrogen-bond donors (Lipinski definition) is 1. The van der Waals surface area contributed by atoms with E-state index >= 15 is 0 Å². The van der Waals surface area contributed by atoms with Gasteiger partial charge in [0.1, 0.15) is 5.82 Å². The van der Waals surface area contributed by atoms with E-state index in [4.69, 9.17) is 5.73 Å². The summed E-state index contributed by atoms with van der Waals surface area (Å²) in [7, 11) is -3.07. The van der Waals surface area contributed by atoms with Crippen molar-refractivity contribution in [3.8, 4) is 0 Å². The minimum absolute atomic E-state index is 0.180. The highest BCUT2D eigenvalue weighted by Crippen LogP contribution is 2.28. The first-order valence-corrected chi connectivity index (χ1v) is 7.97. The number of nitrogens with two attached hydrogens (primary N) is 1. The fourth-order valence-corrected chi connectivity index (χ4v) is 3.21. The molecule has 1 aromatic rings. The molecule has 0 amide bonds. The van der Waals surface area contributed by atoms with Gasteiger partial charge in [-0.2, -0.15) is 5.10 Å². The van der Waals surface area contributed by atoms with E-state index in [1.807, 2.05) is 0 Å². The van der Waals surface area contributed by atoms with E-state index in [-0.39, 0.29) is 6.04 Å². The standard InChI is InChI=1S/C9H15BrN4O2S/c1-17(15,16)13-4-2-7(3-5-13)14-9(11)8(10)6-12-14/h6-7H,2-5,11H2,1H3. The Morgan fingerprint density at radius 1 is 1.47 bits per heavy atom. The molecule has 2 N–H and O–H groups in total. The lowest BCUT2D eigenvalue weighted by molar-refractivity contribution is 0.264. The van der Waals surface area contributed by atoms with Crippen LogP contribution in [-0.4, -0.2) is 41.8 Å². The molecule has 0 aliphatic carbocycles. The van der Waals surface area contributed by atoms with Gasteiger partial charge in [-0.25, -0.2) is 17.4 Å². The number of nitrogens with zero attached hydrogens (tertiary/aromatic N) is 3. The Bertz CT molecular complexity index is 505. The average molecular weight is 323 g/mol. The van der Waals surface area contributed by atoms with Crippen LogP contribution in [0.3, 0.4) is 0 Å². The molecule has 2 heterocycles. The predicted molar refractivity (Wildman–Crippen MR) is 69.0 cm³/mol. The smallest absolute Gasteiger partial charge is 0.211 e. The number of sulfonamides is 1. The van der Waals surface area contributed by atoms with E-state index in [0.717, 1.165) is 17.3 Å². The molecule has 1 aliphatic rings. The molecule has 0 spiro atoms. The van der Waals surface area contributed by atoms with Gasteiger partial charge < -0.3 is 5.73 Å². The Hall–Kier alpha value is -0.600. The Labute approximate surface area is 109 Å². The second kappa shape index (κ2) is 4.58. The average Bonchev–Trinajstić information content (AvgIpc) is 2.59. The fraction of sp³-hybridized carbons (Fsp3) is 0.667. The fourth-order valence-electron chi connectivity index (χ4n) is 2.06. The summed E-state index contributed by atoms with van der Waals surface area (Å²) in [6.45, 7) is 1.06. The van der Waals surface area contributed by atoms with E-state index in [9.17, 15) is 8.42 Å². The molecule has 0 aromatic carbocycles. The second-order valence-corrected chi connectivity index (χ2v) is 7.05. The highest BCUT2D eigenvalue weighted by molar-refractivity contribution is 9.10. The maximum absolute atomic E-state index is 11.4. The number of rotatable bonds is 2. The third-order valence-corrected chi connectivity index (χ3v) is 4.94. The first kappa shape index (κ1) is 12.8. The van der Waals surface area contributed by atoms with Crippen LogP contribution in [0.2, 0.25) is 0 Å². The van der Waals surface area contributed by atoms with Crippen LogP contribution in [0.1, 0.15) is 18.9 Å². The van der Waals surface area contributed by atoms with Gasteiger partial charge in [-0.3, -0.25) is 0 Å². The molecule has 0 saturated carbocycles. The number of aromatic nitrogens is 2.